The maximum Gasteiger partial charge on any atom is 0.145 e. The second-order valence-electron chi connectivity index (χ2n) is 3.65. The summed E-state index contributed by atoms with van der Waals surface area (Å²) in [6.07, 6.45) is 5.76. The van der Waals surface area contributed by atoms with Crippen LogP contribution in [0.3, 0.4) is 0 Å². The molecule has 0 aliphatic heterocycles. The molecule has 0 aromatic carbocycles. The monoisotopic (exact) mass is 233 g/mol. The molecule has 2 heterocycles. The van der Waals surface area contributed by atoms with Crippen molar-refractivity contribution in [3.05, 3.63) is 36.2 Å². The van der Waals surface area contributed by atoms with Gasteiger partial charge in [-0.3, -0.25) is 10.1 Å². The van der Waals surface area contributed by atoms with Crippen molar-refractivity contribution in [3.63, 3.8) is 0 Å². The standard InChI is InChI=1S/C11H15N5O/c1-2-3-17-9-4-8(5-13-6-9)10(12)11-14-7-15-16-11/h4-7,10H,2-3,12H2,1H3,(H,14,15,16). The van der Waals surface area contributed by atoms with Crippen LogP contribution in [0.5, 0.6) is 5.75 Å². The van der Waals surface area contributed by atoms with Gasteiger partial charge >= 0.3 is 0 Å². The van der Waals surface area contributed by atoms with Crippen LogP contribution in [0.2, 0.25) is 0 Å². The Labute approximate surface area is 99.2 Å². The van der Waals surface area contributed by atoms with E-state index in [2.05, 4.69) is 27.1 Å². The SMILES string of the molecule is CCCOc1cncc(C(N)c2ncn[nH]2)c1. The van der Waals surface area contributed by atoms with E-state index in [1.54, 1.807) is 12.4 Å². The molecule has 0 fully saturated rings. The Morgan fingerprint density at radius 3 is 3.06 bits per heavy atom. The Bertz CT molecular complexity index is 457. The smallest absolute Gasteiger partial charge is 0.145 e. The molecule has 3 N–H and O–H groups in total. The Hall–Kier alpha value is -1.95. The first-order valence-corrected chi connectivity index (χ1v) is 5.50. The van der Waals surface area contributed by atoms with Gasteiger partial charge in [-0.05, 0) is 18.1 Å². The van der Waals surface area contributed by atoms with Crippen LogP contribution in [0, 0.1) is 0 Å². The minimum Gasteiger partial charge on any atom is -0.492 e. The highest BCUT2D eigenvalue weighted by Crippen LogP contribution is 2.19. The number of aromatic nitrogens is 4. The zero-order chi connectivity index (χ0) is 12.1. The summed E-state index contributed by atoms with van der Waals surface area (Å²) in [5, 5.41) is 6.52. The molecule has 0 aliphatic carbocycles. The summed E-state index contributed by atoms with van der Waals surface area (Å²) in [5.41, 5.74) is 6.87. The topological polar surface area (TPSA) is 89.7 Å². The van der Waals surface area contributed by atoms with Gasteiger partial charge in [0.05, 0.1) is 18.8 Å². The van der Waals surface area contributed by atoms with E-state index in [4.69, 9.17) is 10.5 Å². The summed E-state index contributed by atoms with van der Waals surface area (Å²) in [6, 6.07) is 1.51. The van der Waals surface area contributed by atoms with Gasteiger partial charge in [0.2, 0.25) is 0 Å². The van der Waals surface area contributed by atoms with Crippen LogP contribution in [0.25, 0.3) is 0 Å². The zero-order valence-electron chi connectivity index (χ0n) is 9.63. The molecule has 6 heteroatoms. The van der Waals surface area contributed by atoms with Crippen LogP contribution in [0.1, 0.15) is 30.8 Å². The fourth-order valence-electron chi connectivity index (χ4n) is 1.43. The van der Waals surface area contributed by atoms with Crippen molar-refractivity contribution < 1.29 is 4.74 Å². The van der Waals surface area contributed by atoms with Gasteiger partial charge in [-0.2, -0.15) is 5.10 Å². The van der Waals surface area contributed by atoms with Crippen molar-refractivity contribution in [1.29, 1.82) is 0 Å². The van der Waals surface area contributed by atoms with Gasteiger partial charge in [0, 0.05) is 6.20 Å². The average Bonchev–Trinajstić information content (AvgIpc) is 2.89. The van der Waals surface area contributed by atoms with Gasteiger partial charge in [0.1, 0.15) is 17.9 Å². The van der Waals surface area contributed by atoms with Crippen molar-refractivity contribution in [2.24, 2.45) is 5.73 Å². The maximum absolute atomic E-state index is 6.03. The third kappa shape index (κ3) is 2.79. The number of H-pyrrole nitrogens is 1. The molecule has 0 radical (unpaired) electrons. The molecule has 0 spiro atoms. The summed E-state index contributed by atoms with van der Waals surface area (Å²) in [7, 11) is 0. The molecule has 0 amide bonds. The minimum absolute atomic E-state index is 0.366. The maximum atomic E-state index is 6.03. The molecule has 90 valence electrons. The van der Waals surface area contributed by atoms with E-state index in [9.17, 15) is 0 Å². The lowest BCUT2D eigenvalue weighted by Crippen LogP contribution is -2.14. The highest BCUT2D eigenvalue weighted by atomic mass is 16.5. The molecular weight excluding hydrogens is 218 g/mol. The van der Waals surface area contributed by atoms with E-state index >= 15 is 0 Å². The highest BCUT2D eigenvalue weighted by molar-refractivity contribution is 5.28. The predicted molar refractivity (Wildman–Crippen MR) is 62.4 cm³/mol. The van der Waals surface area contributed by atoms with Crippen LogP contribution in [0.15, 0.2) is 24.8 Å². The summed E-state index contributed by atoms with van der Waals surface area (Å²) >= 11 is 0. The normalized spacial score (nSPS) is 12.4. The molecule has 17 heavy (non-hydrogen) atoms. The number of nitrogens with zero attached hydrogens (tertiary/aromatic N) is 3. The molecule has 0 saturated heterocycles. The molecule has 2 aromatic rings. The van der Waals surface area contributed by atoms with Gasteiger partial charge in [-0.15, -0.1) is 0 Å². The lowest BCUT2D eigenvalue weighted by atomic mass is 10.1. The van der Waals surface area contributed by atoms with Gasteiger partial charge in [0.15, 0.2) is 0 Å². The molecule has 0 aliphatic rings. The van der Waals surface area contributed by atoms with Crippen LogP contribution < -0.4 is 10.5 Å². The van der Waals surface area contributed by atoms with Crippen molar-refractivity contribution in [1.82, 2.24) is 20.2 Å². The number of rotatable bonds is 5. The van der Waals surface area contributed by atoms with Crippen molar-refractivity contribution in [2.45, 2.75) is 19.4 Å². The number of ether oxygens (including phenoxy) is 1. The summed E-state index contributed by atoms with van der Waals surface area (Å²) < 4.78 is 5.50. The van der Waals surface area contributed by atoms with E-state index in [0.717, 1.165) is 17.7 Å². The average molecular weight is 233 g/mol. The minimum atomic E-state index is -0.366. The predicted octanol–water partition coefficient (Wildman–Crippen LogP) is 1.04. The van der Waals surface area contributed by atoms with Crippen LogP contribution in [0.4, 0.5) is 0 Å². The third-order valence-electron chi connectivity index (χ3n) is 2.29. The number of aromatic amines is 1. The van der Waals surface area contributed by atoms with Gasteiger partial charge in [-0.25, -0.2) is 4.98 Å². The van der Waals surface area contributed by atoms with E-state index in [-0.39, 0.29) is 6.04 Å². The summed E-state index contributed by atoms with van der Waals surface area (Å²) in [5.74, 6) is 1.33. The van der Waals surface area contributed by atoms with E-state index in [1.165, 1.54) is 6.33 Å². The number of pyridine rings is 1. The number of hydrogen-bond acceptors (Lipinski definition) is 5. The molecule has 2 rings (SSSR count). The molecule has 0 saturated carbocycles. The second-order valence-corrected chi connectivity index (χ2v) is 3.65. The third-order valence-corrected chi connectivity index (χ3v) is 2.29. The Kier molecular flexibility index (Phi) is 3.66. The molecule has 1 atom stereocenters. The van der Waals surface area contributed by atoms with E-state index in [1.807, 2.05) is 6.07 Å². The van der Waals surface area contributed by atoms with Gasteiger partial charge < -0.3 is 10.5 Å². The molecule has 0 bridgehead atoms. The van der Waals surface area contributed by atoms with Crippen molar-refractivity contribution in [2.75, 3.05) is 6.61 Å². The summed E-state index contributed by atoms with van der Waals surface area (Å²) in [4.78, 5) is 8.13. The fourth-order valence-corrected chi connectivity index (χ4v) is 1.43. The first-order valence-electron chi connectivity index (χ1n) is 5.50. The Balaban J connectivity index is 2.15. The molecule has 2 aromatic heterocycles. The Morgan fingerprint density at radius 1 is 1.47 bits per heavy atom. The van der Waals surface area contributed by atoms with E-state index in [0.29, 0.717) is 12.4 Å². The lowest BCUT2D eigenvalue weighted by Gasteiger charge is -2.10. The first kappa shape index (κ1) is 11.5. The van der Waals surface area contributed by atoms with Crippen LogP contribution >= 0.6 is 0 Å². The van der Waals surface area contributed by atoms with Gasteiger partial charge in [0.25, 0.3) is 0 Å². The lowest BCUT2D eigenvalue weighted by molar-refractivity contribution is 0.315. The van der Waals surface area contributed by atoms with Crippen molar-refractivity contribution in [3.8, 4) is 5.75 Å². The van der Waals surface area contributed by atoms with E-state index < -0.39 is 0 Å². The fraction of sp³-hybridized carbons (Fsp3) is 0.364. The summed E-state index contributed by atoms with van der Waals surface area (Å²) in [6.45, 7) is 2.72. The number of hydrogen-bond donors (Lipinski definition) is 2. The number of nitrogens with two attached hydrogens (primary N) is 1. The van der Waals surface area contributed by atoms with Gasteiger partial charge in [-0.1, -0.05) is 6.92 Å². The second kappa shape index (κ2) is 5.40. The highest BCUT2D eigenvalue weighted by Gasteiger charge is 2.12. The largest absolute Gasteiger partial charge is 0.492 e. The zero-order valence-corrected chi connectivity index (χ0v) is 9.63. The molecule has 6 nitrogen and oxygen atoms in total. The molecule has 1 unspecified atom stereocenters. The quantitative estimate of drug-likeness (QED) is 0.805. The number of nitrogens with one attached hydrogen (secondary N) is 1. The molecular formula is C11H15N5O. The Morgan fingerprint density at radius 2 is 2.35 bits per heavy atom. The van der Waals surface area contributed by atoms with Crippen molar-refractivity contribution >= 4 is 0 Å². The van der Waals surface area contributed by atoms with Crippen LogP contribution in [-0.4, -0.2) is 26.8 Å². The first-order chi connectivity index (χ1) is 8.31. The van der Waals surface area contributed by atoms with Crippen LogP contribution in [-0.2, 0) is 0 Å².